The van der Waals surface area contributed by atoms with Crippen LogP contribution in [0.5, 0.6) is 0 Å². The lowest BCUT2D eigenvalue weighted by molar-refractivity contribution is -0.121. The van der Waals surface area contributed by atoms with Gasteiger partial charge in [-0.15, -0.1) is 0 Å². The molecule has 0 saturated carbocycles. The van der Waals surface area contributed by atoms with E-state index < -0.39 is 6.04 Å². The molecule has 6 nitrogen and oxygen atoms in total. The number of benzene rings is 2. The molecular weight excluding hydrogens is 371 g/mol. The summed E-state index contributed by atoms with van der Waals surface area (Å²) in [4.78, 5) is 28.3. The molecule has 3 rings (SSSR count). The van der Waals surface area contributed by atoms with Crippen molar-refractivity contribution in [1.82, 2.24) is 10.3 Å². The Morgan fingerprint density at radius 2 is 1.62 bits per heavy atom. The van der Waals surface area contributed by atoms with E-state index in [1.54, 1.807) is 60.9 Å². The average Bonchev–Trinajstić information content (AvgIpc) is 2.74. The number of amides is 2. The van der Waals surface area contributed by atoms with Crippen LogP contribution in [0.1, 0.15) is 33.9 Å². The number of carbonyl (C=O) groups is 2. The normalized spacial score (nSPS) is 11.5. The number of nitrogens with one attached hydrogen (secondary N) is 2. The molecule has 1 atom stereocenters. The number of pyridine rings is 1. The summed E-state index contributed by atoms with van der Waals surface area (Å²) in [6, 6.07) is 15.6. The van der Waals surface area contributed by atoms with Crippen molar-refractivity contribution in [2.24, 2.45) is 5.73 Å². The summed E-state index contributed by atoms with van der Waals surface area (Å²) in [5.74, 6) is -0.769. The largest absolute Gasteiger partial charge is 0.352 e. The molecule has 2 amide bonds. The number of hydrogen-bond donors (Lipinski definition) is 3. The second kappa shape index (κ2) is 9.57. The molecule has 0 fully saturated rings. The maximum atomic E-state index is 12.9. The lowest BCUT2D eigenvalue weighted by Gasteiger charge is -2.13. The molecule has 1 heterocycles. The zero-order chi connectivity index (χ0) is 20.6. The molecule has 0 aliphatic heterocycles. The Balaban J connectivity index is 1.51. The molecule has 0 bridgehead atoms. The molecule has 0 aliphatic rings. The second-order valence-corrected chi connectivity index (χ2v) is 6.53. The first-order chi connectivity index (χ1) is 14.0. The minimum Gasteiger partial charge on any atom is -0.352 e. The summed E-state index contributed by atoms with van der Waals surface area (Å²) in [7, 11) is 0. The summed E-state index contributed by atoms with van der Waals surface area (Å²) in [6.45, 7) is 0.306. The van der Waals surface area contributed by atoms with E-state index >= 15 is 0 Å². The molecule has 1 aromatic heterocycles. The molecule has 2 aromatic carbocycles. The zero-order valence-electron chi connectivity index (χ0n) is 15.6. The van der Waals surface area contributed by atoms with Crippen LogP contribution in [0.2, 0.25) is 0 Å². The summed E-state index contributed by atoms with van der Waals surface area (Å²) in [5.41, 5.74) is 8.81. The van der Waals surface area contributed by atoms with Crippen LogP contribution in [0.15, 0.2) is 73.1 Å². The summed E-state index contributed by atoms with van der Waals surface area (Å²) in [6.07, 6.45) is 3.29. The van der Waals surface area contributed by atoms with Gasteiger partial charge in [0.05, 0.1) is 0 Å². The number of nitrogens with two attached hydrogens (primary N) is 1. The second-order valence-electron chi connectivity index (χ2n) is 6.53. The van der Waals surface area contributed by atoms with E-state index in [0.717, 1.165) is 11.1 Å². The highest BCUT2D eigenvalue weighted by Gasteiger charge is 2.13. The van der Waals surface area contributed by atoms with Gasteiger partial charge >= 0.3 is 0 Å². The summed E-state index contributed by atoms with van der Waals surface area (Å²) < 4.78 is 12.9. The average molecular weight is 392 g/mol. The van der Waals surface area contributed by atoms with Gasteiger partial charge in [0.2, 0.25) is 5.91 Å². The number of nitrogens with zero attached hydrogens (tertiary/aromatic N) is 1. The van der Waals surface area contributed by atoms with Gasteiger partial charge in [0.25, 0.3) is 5.91 Å². The Labute approximate surface area is 168 Å². The van der Waals surface area contributed by atoms with E-state index in [2.05, 4.69) is 15.6 Å². The number of carbonyl (C=O) groups excluding carboxylic acids is 2. The van der Waals surface area contributed by atoms with Gasteiger partial charge in [-0.2, -0.15) is 0 Å². The molecule has 0 radical (unpaired) electrons. The molecule has 29 heavy (non-hydrogen) atoms. The van der Waals surface area contributed by atoms with E-state index in [-0.39, 0.29) is 24.1 Å². The minimum atomic E-state index is -0.500. The first kappa shape index (κ1) is 20.2. The van der Waals surface area contributed by atoms with Gasteiger partial charge in [-0.05, 0) is 47.5 Å². The number of halogens is 1. The third kappa shape index (κ3) is 5.95. The number of aromatic nitrogens is 1. The lowest BCUT2D eigenvalue weighted by atomic mass is 10.0. The predicted molar refractivity (Wildman–Crippen MR) is 108 cm³/mol. The molecule has 0 spiro atoms. The number of rotatable bonds is 7. The Morgan fingerprint density at radius 1 is 0.966 bits per heavy atom. The minimum absolute atomic E-state index is 0.101. The smallest absolute Gasteiger partial charge is 0.255 e. The highest BCUT2D eigenvalue weighted by molar-refractivity contribution is 6.04. The quantitative estimate of drug-likeness (QED) is 0.575. The highest BCUT2D eigenvalue weighted by atomic mass is 19.1. The summed E-state index contributed by atoms with van der Waals surface area (Å²) >= 11 is 0. The van der Waals surface area contributed by atoms with Crippen molar-refractivity contribution in [1.29, 1.82) is 0 Å². The van der Waals surface area contributed by atoms with E-state index in [4.69, 9.17) is 5.73 Å². The monoisotopic (exact) mass is 392 g/mol. The third-order valence-electron chi connectivity index (χ3n) is 4.35. The van der Waals surface area contributed by atoms with Gasteiger partial charge < -0.3 is 16.4 Å². The number of hydrogen-bond acceptors (Lipinski definition) is 4. The SMILES string of the molecule is N[C@H](CC(=O)NCc1ccc(F)cc1)c1ccc(C(=O)Nc2ccncc2)cc1. The lowest BCUT2D eigenvalue weighted by Crippen LogP contribution is -2.27. The fourth-order valence-corrected chi connectivity index (χ4v) is 2.71. The van der Waals surface area contributed by atoms with Crippen molar-refractivity contribution in [2.45, 2.75) is 19.0 Å². The molecule has 148 valence electrons. The van der Waals surface area contributed by atoms with E-state index in [1.165, 1.54) is 12.1 Å². The van der Waals surface area contributed by atoms with Gasteiger partial charge in [0, 0.05) is 42.7 Å². The van der Waals surface area contributed by atoms with E-state index in [1.807, 2.05) is 0 Å². The van der Waals surface area contributed by atoms with Crippen molar-refractivity contribution < 1.29 is 14.0 Å². The fraction of sp³-hybridized carbons (Fsp3) is 0.136. The van der Waals surface area contributed by atoms with Gasteiger partial charge in [0.15, 0.2) is 0 Å². The molecule has 7 heteroatoms. The molecular formula is C22H21FN4O2. The Bertz CT molecular complexity index is 960. The van der Waals surface area contributed by atoms with Crippen molar-refractivity contribution in [3.05, 3.63) is 95.6 Å². The van der Waals surface area contributed by atoms with E-state index in [9.17, 15) is 14.0 Å². The topological polar surface area (TPSA) is 97.1 Å². The Morgan fingerprint density at radius 3 is 2.28 bits per heavy atom. The van der Waals surface area contributed by atoms with Gasteiger partial charge in [0.1, 0.15) is 5.82 Å². The van der Waals surface area contributed by atoms with Crippen molar-refractivity contribution in [3.63, 3.8) is 0 Å². The van der Waals surface area contributed by atoms with Crippen molar-refractivity contribution in [3.8, 4) is 0 Å². The van der Waals surface area contributed by atoms with Crippen LogP contribution in [0.4, 0.5) is 10.1 Å². The van der Waals surface area contributed by atoms with Crippen LogP contribution in [0.25, 0.3) is 0 Å². The van der Waals surface area contributed by atoms with Crippen molar-refractivity contribution >= 4 is 17.5 Å². The van der Waals surface area contributed by atoms with Crippen LogP contribution in [-0.2, 0) is 11.3 Å². The van der Waals surface area contributed by atoms with Crippen molar-refractivity contribution in [2.75, 3.05) is 5.32 Å². The van der Waals surface area contributed by atoms with E-state index in [0.29, 0.717) is 17.8 Å². The Hall–Kier alpha value is -3.58. The molecule has 3 aromatic rings. The van der Waals surface area contributed by atoms with Gasteiger partial charge in [-0.25, -0.2) is 4.39 Å². The Kier molecular flexibility index (Phi) is 6.65. The molecule has 4 N–H and O–H groups in total. The maximum absolute atomic E-state index is 12.9. The first-order valence-corrected chi connectivity index (χ1v) is 9.09. The van der Waals surface area contributed by atoms with Gasteiger partial charge in [-0.3, -0.25) is 14.6 Å². The molecule has 0 unspecified atom stereocenters. The van der Waals surface area contributed by atoms with Crippen LogP contribution in [-0.4, -0.2) is 16.8 Å². The maximum Gasteiger partial charge on any atom is 0.255 e. The highest BCUT2D eigenvalue weighted by Crippen LogP contribution is 2.16. The van der Waals surface area contributed by atoms with Gasteiger partial charge in [-0.1, -0.05) is 24.3 Å². The standard InChI is InChI=1S/C22H21FN4O2/c23-18-7-1-15(2-8-18)14-26-21(28)13-20(24)16-3-5-17(6-4-16)22(29)27-19-9-11-25-12-10-19/h1-12,20H,13-14,24H2,(H,26,28)(H,25,27,29)/t20-/m1/s1. The zero-order valence-corrected chi connectivity index (χ0v) is 15.6. The third-order valence-corrected chi connectivity index (χ3v) is 4.35. The molecule has 0 saturated heterocycles. The van der Waals surface area contributed by atoms with Crippen LogP contribution >= 0.6 is 0 Å². The predicted octanol–water partition coefficient (Wildman–Crippen LogP) is 3.18. The fourth-order valence-electron chi connectivity index (χ4n) is 2.71. The first-order valence-electron chi connectivity index (χ1n) is 9.09. The number of anilines is 1. The van der Waals surface area contributed by atoms with Crippen LogP contribution in [0.3, 0.4) is 0 Å². The molecule has 0 aliphatic carbocycles. The van der Waals surface area contributed by atoms with Crippen LogP contribution < -0.4 is 16.4 Å². The van der Waals surface area contributed by atoms with Crippen LogP contribution in [0, 0.1) is 5.82 Å². The summed E-state index contributed by atoms with van der Waals surface area (Å²) in [5, 5.41) is 5.54.